The summed E-state index contributed by atoms with van der Waals surface area (Å²) in [5.74, 6) is -0.764. The average Bonchev–Trinajstić information content (AvgIpc) is 3.18. The Labute approximate surface area is 178 Å². The van der Waals surface area contributed by atoms with Crippen LogP contribution in [0.4, 0.5) is 4.39 Å². The van der Waals surface area contributed by atoms with Gasteiger partial charge in [-0.2, -0.15) is 0 Å². The molecule has 0 fully saturated rings. The lowest BCUT2D eigenvalue weighted by Crippen LogP contribution is -2.13. The number of carbonyl (C=O) groups is 2. The predicted molar refractivity (Wildman–Crippen MR) is 112 cm³/mol. The summed E-state index contributed by atoms with van der Waals surface area (Å²) in [6.45, 7) is 1.66. The van der Waals surface area contributed by atoms with Crippen LogP contribution in [0.15, 0.2) is 83.4 Å². The molecule has 6 heteroatoms. The molecule has 0 bridgehead atoms. The molecule has 0 unspecified atom stereocenters. The van der Waals surface area contributed by atoms with E-state index in [0.717, 1.165) is 0 Å². The van der Waals surface area contributed by atoms with Crippen LogP contribution >= 0.6 is 0 Å². The zero-order valence-electron chi connectivity index (χ0n) is 16.7. The van der Waals surface area contributed by atoms with Crippen LogP contribution in [0.2, 0.25) is 0 Å². The minimum atomic E-state index is -0.634. The van der Waals surface area contributed by atoms with Gasteiger partial charge in [0.2, 0.25) is 0 Å². The van der Waals surface area contributed by atoms with Gasteiger partial charge in [-0.1, -0.05) is 53.7 Å². The summed E-state index contributed by atoms with van der Waals surface area (Å²) in [5.41, 5.74) is 2.73. The van der Waals surface area contributed by atoms with Gasteiger partial charge in [0.05, 0.1) is 5.56 Å². The first-order valence-corrected chi connectivity index (χ1v) is 9.61. The van der Waals surface area contributed by atoms with Gasteiger partial charge in [-0.05, 0) is 37.3 Å². The molecule has 3 aromatic carbocycles. The van der Waals surface area contributed by atoms with Crippen LogP contribution < -0.4 is 0 Å². The molecule has 4 aromatic rings. The predicted octanol–water partition coefficient (Wildman–Crippen LogP) is 5.38. The van der Waals surface area contributed by atoms with E-state index in [4.69, 9.17) is 9.26 Å². The Morgan fingerprint density at radius 2 is 1.55 bits per heavy atom. The first-order chi connectivity index (χ1) is 15.0. The van der Waals surface area contributed by atoms with E-state index in [1.807, 2.05) is 6.07 Å². The molecule has 31 heavy (non-hydrogen) atoms. The number of ketones is 1. The lowest BCUT2D eigenvalue weighted by Gasteiger charge is -2.08. The fourth-order valence-electron chi connectivity index (χ4n) is 3.19. The molecule has 0 N–H and O–H groups in total. The summed E-state index contributed by atoms with van der Waals surface area (Å²) in [7, 11) is 0. The van der Waals surface area contributed by atoms with Crippen molar-refractivity contribution in [3.63, 3.8) is 0 Å². The summed E-state index contributed by atoms with van der Waals surface area (Å²) < 4.78 is 23.9. The van der Waals surface area contributed by atoms with Gasteiger partial charge in [-0.3, -0.25) is 4.79 Å². The summed E-state index contributed by atoms with van der Waals surface area (Å²) >= 11 is 0. The number of hydrogen-bond donors (Lipinski definition) is 0. The van der Waals surface area contributed by atoms with Gasteiger partial charge >= 0.3 is 5.97 Å². The minimum Gasteiger partial charge on any atom is -0.455 e. The zero-order valence-corrected chi connectivity index (χ0v) is 16.7. The van der Waals surface area contributed by atoms with Crippen LogP contribution in [-0.2, 0) is 11.3 Å². The van der Waals surface area contributed by atoms with Crippen molar-refractivity contribution in [1.82, 2.24) is 5.16 Å². The van der Waals surface area contributed by atoms with Crippen molar-refractivity contribution in [2.45, 2.75) is 13.5 Å². The Morgan fingerprint density at radius 1 is 0.903 bits per heavy atom. The van der Waals surface area contributed by atoms with Crippen molar-refractivity contribution in [2.75, 3.05) is 0 Å². The van der Waals surface area contributed by atoms with E-state index in [-0.39, 0.29) is 29.3 Å². The molecule has 0 atom stereocenters. The number of rotatable bonds is 6. The quantitative estimate of drug-likeness (QED) is 0.312. The van der Waals surface area contributed by atoms with Gasteiger partial charge < -0.3 is 9.26 Å². The molecule has 0 amide bonds. The van der Waals surface area contributed by atoms with E-state index in [0.29, 0.717) is 28.1 Å². The number of nitrogens with zero attached hydrogens (tertiary/aromatic N) is 1. The fraction of sp³-hybridized carbons (Fsp3) is 0.0800. The van der Waals surface area contributed by atoms with Crippen LogP contribution in [0.5, 0.6) is 0 Å². The maximum atomic E-state index is 13.1. The Bertz CT molecular complexity index is 1230. The number of aromatic nitrogens is 1. The molecule has 1 heterocycles. The Hall–Kier alpha value is -4.06. The molecule has 154 valence electrons. The second-order valence-electron chi connectivity index (χ2n) is 6.91. The number of hydrogen-bond acceptors (Lipinski definition) is 5. The van der Waals surface area contributed by atoms with E-state index in [1.165, 1.54) is 12.1 Å². The highest BCUT2D eigenvalue weighted by molar-refractivity contribution is 6.14. The SMILES string of the molecule is Cc1c(COC(=O)c2ccccc2C(=O)c2ccccc2)noc1-c1ccc(F)cc1. The van der Waals surface area contributed by atoms with Gasteiger partial charge in [0.1, 0.15) is 18.1 Å². The summed E-state index contributed by atoms with van der Waals surface area (Å²) in [4.78, 5) is 25.5. The second kappa shape index (κ2) is 8.75. The van der Waals surface area contributed by atoms with E-state index in [2.05, 4.69) is 5.16 Å². The molecular weight excluding hydrogens is 397 g/mol. The van der Waals surface area contributed by atoms with E-state index in [1.54, 1.807) is 67.6 Å². The molecule has 0 spiro atoms. The lowest BCUT2D eigenvalue weighted by atomic mass is 9.98. The van der Waals surface area contributed by atoms with Crippen molar-refractivity contribution in [1.29, 1.82) is 0 Å². The number of esters is 1. The third-order valence-electron chi connectivity index (χ3n) is 4.89. The zero-order chi connectivity index (χ0) is 21.8. The summed E-state index contributed by atoms with van der Waals surface area (Å²) in [5, 5.41) is 3.97. The van der Waals surface area contributed by atoms with Gasteiger partial charge in [0, 0.05) is 22.3 Å². The molecule has 1 aromatic heterocycles. The average molecular weight is 415 g/mol. The van der Waals surface area contributed by atoms with Gasteiger partial charge in [-0.15, -0.1) is 0 Å². The Morgan fingerprint density at radius 3 is 2.26 bits per heavy atom. The number of halogens is 1. The van der Waals surface area contributed by atoms with Crippen molar-refractivity contribution < 1.29 is 23.2 Å². The fourth-order valence-corrected chi connectivity index (χ4v) is 3.19. The van der Waals surface area contributed by atoms with Crippen molar-refractivity contribution >= 4 is 11.8 Å². The second-order valence-corrected chi connectivity index (χ2v) is 6.91. The molecule has 5 nitrogen and oxygen atoms in total. The highest BCUT2D eigenvalue weighted by atomic mass is 19.1. The minimum absolute atomic E-state index is 0.122. The Kier molecular flexibility index (Phi) is 5.71. The van der Waals surface area contributed by atoms with E-state index < -0.39 is 5.97 Å². The molecule has 0 aliphatic heterocycles. The van der Waals surface area contributed by atoms with Gasteiger partial charge in [-0.25, -0.2) is 9.18 Å². The van der Waals surface area contributed by atoms with Crippen molar-refractivity contribution in [3.8, 4) is 11.3 Å². The van der Waals surface area contributed by atoms with Crippen LogP contribution in [0.25, 0.3) is 11.3 Å². The van der Waals surface area contributed by atoms with Crippen LogP contribution in [0.1, 0.15) is 37.5 Å². The number of benzene rings is 3. The normalized spacial score (nSPS) is 10.6. The van der Waals surface area contributed by atoms with Gasteiger partial charge in [0.25, 0.3) is 0 Å². The summed E-state index contributed by atoms with van der Waals surface area (Å²) in [6.07, 6.45) is 0. The molecule has 4 rings (SSSR count). The topological polar surface area (TPSA) is 69.4 Å². The third-order valence-corrected chi connectivity index (χ3v) is 4.89. The maximum absolute atomic E-state index is 13.1. The first-order valence-electron chi connectivity index (χ1n) is 9.61. The van der Waals surface area contributed by atoms with E-state index >= 15 is 0 Å². The largest absolute Gasteiger partial charge is 0.455 e. The van der Waals surface area contributed by atoms with Crippen molar-refractivity contribution in [3.05, 3.63) is 113 Å². The van der Waals surface area contributed by atoms with E-state index in [9.17, 15) is 14.0 Å². The first kappa shape index (κ1) is 20.2. The Balaban J connectivity index is 1.52. The molecule has 0 saturated carbocycles. The number of ether oxygens (including phenoxy) is 1. The lowest BCUT2D eigenvalue weighted by molar-refractivity contribution is 0.0461. The monoisotopic (exact) mass is 415 g/mol. The van der Waals surface area contributed by atoms with Crippen LogP contribution in [0.3, 0.4) is 0 Å². The van der Waals surface area contributed by atoms with Crippen molar-refractivity contribution in [2.24, 2.45) is 0 Å². The third kappa shape index (κ3) is 4.28. The van der Waals surface area contributed by atoms with Crippen LogP contribution in [0, 0.1) is 12.7 Å². The molecule has 0 radical (unpaired) electrons. The maximum Gasteiger partial charge on any atom is 0.339 e. The molecule has 0 saturated heterocycles. The van der Waals surface area contributed by atoms with Crippen LogP contribution in [-0.4, -0.2) is 16.9 Å². The molecule has 0 aliphatic carbocycles. The molecular formula is C25H18FNO4. The highest BCUT2D eigenvalue weighted by Gasteiger charge is 2.21. The highest BCUT2D eigenvalue weighted by Crippen LogP contribution is 2.26. The van der Waals surface area contributed by atoms with Gasteiger partial charge in [0.15, 0.2) is 11.5 Å². The summed E-state index contributed by atoms with van der Waals surface area (Å²) in [6, 6.07) is 21.1. The number of carbonyl (C=O) groups excluding carboxylic acids is 2. The molecule has 0 aliphatic rings. The standard InChI is InChI=1S/C25H18FNO4/c1-16-22(27-31-24(16)18-11-13-19(26)14-12-18)15-30-25(29)21-10-6-5-9-20(21)23(28)17-7-3-2-4-8-17/h2-14H,15H2,1H3. The smallest absolute Gasteiger partial charge is 0.339 e.